The molecule has 0 aliphatic heterocycles. The predicted octanol–water partition coefficient (Wildman–Crippen LogP) is 3.97. The van der Waals surface area contributed by atoms with E-state index >= 15 is 0 Å². The second kappa shape index (κ2) is 6.64. The lowest BCUT2D eigenvalue weighted by atomic mass is 10.2. The van der Waals surface area contributed by atoms with Gasteiger partial charge in [-0.15, -0.1) is 0 Å². The Bertz CT molecular complexity index is 612. The van der Waals surface area contributed by atoms with Crippen molar-refractivity contribution >= 4 is 34.8 Å². The fraction of sp³-hybridized carbons (Fsp3) is 0.133. The highest BCUT2D eigenvalue weighted by Crippen LogP contribution is 2.26. The minimum Gasteiger partial charge on any atom is -0.381 e. The largest absolute Gasteiger partial charge is 0.381 e. The zero-order valence-corrected chi connectivity index (χ0v) is 12.4. The Morgan fingerprint density at radius 2 is 1.80 bits per heavy atom. The maximum atomic E-state index is 11.4. The first-order valence-electron chi connectivity index (χ1n) is 6.10. The predicted molar refractivity (Wildman–Crippen MR) is 83.6 cm³/mol. The average Bonchev–Trinajstić information content (AvgIpc) is 2.48. The molecule has 0 saturated carbocycles. The average molecular weight is 309 g/mol. The summed E-state index contributed by atoms with van der Waals surface area (Å²) in [6.07, 6.45) is 0. The summed E-state index contributed by atoms with van der Waals surface area (Å²) in [7, 11) is 1.61. The Hall–Kier alpha value is -1.71. The number of rotatable bonds is 4. The van der Waals surface area contributed by atoms with Crippen LogP contribution in [0.2, 0.25) is 10.0 Å². The van der Waals surface area contributed by atoms with Gasteiger partial charge in [0.15, 0.2) is 0 Å². The van der Waals surface area contributed by atoms with E-state index in [0.717, 1.165) is 11.3 Å². The van der Waals surface area contributed by atoms with Crippen molar-refractivity contribution in [3.05, 3.63) is 63.6 Å². The summed E-state index contributed by atoms with van der Waals surface area (Å²) in [6, 6.07) is 12.8. The molecule has 0 saturated heterocycles. The van der Waals surface area contributed by atoms with E-state index < -0.39 is 0 Å². The first kappa shape index (κ1) is 14.7. The van der Waals surface area contributed by atoms with Crippen molar-refractivity contribution in [3.63, 3.8) is 0 Å². The second-order valence-corrected chi connectivity index (χ2v) is 5.01. The number of nitrogens with one attached hydrogen (secondary N) is 2. The zero-order valence-electron chi connectivity index (χ0n) is 10.9. The fourth-order valence-corrected chi connectivity index (χ4v) is 2.15. The van der Waals surface area contributed by atoms with Crippen LogP contribution in [0.5, 0.6) is 0 Å². The molecule has 2 aromatic carbocycles. The molecule has 0 bridgehead atoms. The molecule has 3 nitrogen and oxygen atoms in total. The van der Waals surface area contributed by atoms with Crippen LogP contribution < -0.4 is 10.6 Å². The summed E-state index contributed by atoms with van der Waals surface area (Å²) in [5, 5.41) is 6.92. The molecule has 0 aromatic heterocycles. The van der Waals surface area contributed by atoms with Gasteiger partial charge in [-0.3, -0.25) is 4.79 Å². The first-order valence-corrected chi connectivity index (χ1v) is 6.86. The van der Waals surface area contributed by atoms with Gasteiger partial charge >= 0.3 is 0 Å². The van der Waals surface area contributed by atoms with Gasteiger partial charge in [0.2, 0.25) is 0 Å². The molecular formula is C15H14Cl2N2O. The second-order valence-electron chi connectivity index (χ2n) is 4.22. The van der Waals surface area contributed by atoms with Crippen LogP contribution >= 0.6 is 23.2 Å². The SMILES string of the molecule is CNC(=O)c1ccc(NCc2cccc(Cl)c2Cl)cc1. The molecule has 1 amide bonds. The number of amides is 1. The molecule has 2 rings (SSSR count). The summed E-state index contributed by atoms with van der Waals surface area (Å²) in [5.41, 5.74) is 2.46. The molecule has 0 unspecified atom stereocenters. The van der Waals surface area contributed by atoms with Crippen LogP contribution in [0.4, 0.5) is 5.69 Å². The van der Waals surface area contributed by atoms with Crippen LogP contribution in [0, 0.1) is 0 Å². The third kappa shape index (κ3) is 3.44. The molecule has 5 heteroatoms. The topological polar surface area (TPSA) is 41.1 Å². The molecule has 0 aliphatic rings. The van der Waals surface area contributed by atoms with Crippen molar-refractivity contribution in [1.29, 1.82) is 0 Å². The van der Waals surface area contributed by atoms with Gasteiger partial charge in [-0.2, -0.15) is 0 Å². The highest BCUT2D eigenvalue weighted by molar-refractivity contribution is 6.42. The van der Waals surface area contributed by atoms with Gasteiger partial charge in [-0.05, 0) is 35.9 Å². The normalized spacial score (nSPS) is 10.2. The van der Waals surface area contributed by atoms with Gasteiger partial charge in [0.25, 0.3) is 5.91 Å². The van der Waals surface area contributed by atoms with Crippen molar-refractivity contribution in [3.8, 4) is 0 Å². The van der Waals surface area contributed by atoms with Crippen molar-refractivity contribution in [1.82, 2.24) is 5.32 Å². The number of anilines is 1. The maximum absolute atomic E-state index is 11.4. The molecule has 0 fully saturated rings. The molecule has 104 valence electrons. The molecule has 0 aliphatic carbocycles. The smallest absolute Gasteiger partial charge is 0.251 e. The van der Waals surface area contributed by atoms with Crippen LogP contribution in [-0.2, 0) is 6.54 Å². The van der Waals surface area contributed by atoms with E-state index in [-0.39, 0.29) is 5.91 Å². The Morgan fingerprint density at radius 1 is 1.10 bits per heavy atom. The van der Waals surface area contributed by atoms with E-state index in [0.29, 0.717) is 22.2 Å². The molecule has 0 spiro atoms. The van der Waals surface area contributed by atoms with Gasteiger partial charge in [-0.25, -0.2) is 0 Å². The van der Waals surface area contributed by atoms with Gasteiger partial charge in [-0.1, -0.05) is 35.3 Å². The molecule has 2 N–H and O–H groups in total. The standard InChI is InChI=1S/C15H14Cl2N2O/c1-18-15(20)10-5-7-12(8-6-10)19-9-11-3-2-4-13(16)14(11)17/h2-8,19H,9H2,1H3,(H,18,20). The van der Waals surface area contributed by atoms with E-state index in [1.165, 1.54) is 0 Å². The minimum atomic E-state index is -0.102. The van der Waals surface area contributed by atoms with Crippen LogP contribution in [0.1, 0.15) is 15.9 Å². The van der Waals surface area contributed by atoms with Gasteiger partial charge < -0.3 is 10.6 Å². The van der Waals surface area contributed by atoms with E-state index in [2.05, 4.69) is 10.6 Å². The summed E-state index contributed by atoms with van der Waals surface area (Å²) in [6.45, 7) is 0.568. The lowest BCUT2D eigenvalue weighted by molar-refractivity contribution is 0.0963. The number of carbonyl (C=O) groups is 1. The quantitative estimate of drug-likeness (QED) is 0.897. The van der Waals surface area contributed by atoms with E-state index in [9.17, 15) is 4.79 Å². The van der Waals surface area contributed by atoms with Crippen LogP contribution in [-0.4, -0.2) is 13.0 Å². The lowest BCUT2D eigenvalue weighted by Gasteiger charge is -2.09. The van der Waals surface area contributed by atoms with Crippen molar-refractivity contribution < 1.29 is 4.79 Å². The highest BCUT2D eigenvalue weighted by Gasteiger charge is 2.05. The van der Waals surface area contributed by atoms with E-state index in [1.807, 2.05) is 24.3 Å². The minimum absolute atomic E-state index is 0.102. The summed E-state index contributed by atoms with van der Waals surface area (Å²) in [4.78, 5) is 11.4. The van der Waals surface area contributed by atoms with E-state index in [1.54, 1.807) is 25.2 Å². The fourth-order valence-electron chi connectivity index (χ4n) is 1.77. The first-order chi connectivity index (χ1) is 9.61. The van der Waals surface area contributed by atoms with Gasteiger partial charge in [0.05, 0.1) is 10.0 Å². The maximum Gasteiger partial charge on any atom is 0.251 e. The number of benzene rings is 2. The molecular weight excluding hydrogens is 295 g/mol. The van der Waals surface area contributed by atoms with Gasteiger partial charge in [0.1, 0.15) is 0 Å². The van der Waals surface area contributed by atoms with E-state index in [4.69, 9.17) is 23.2 Å². The number of carbonyl (C=O) groups excluding carboxylic acids is 1. The van der Waals surface area contributed by atoms with Crippen molar-refractivity contribution in [2.45, 2.75) is 6.54 Å². The summed E-state index contributed by atoms with van der Waals surface area (Å²) < 4.78 is 0. The van der Waals surface area contributed by atoms with Crippen molar-refractivity contribution in [2.24, 2.45) is 0 Å². The third-order valence-electron chi connectivity index (χ3n) is 2.89. The molecule has 0 atom stereocenters. The number of halogens is 2. The Balaban J connectivity index is 2.04. The number of hydrogen-bond acceptors (Lipinski definition) is 2. The monoisotopic (exact) mass is 308 g/mol. The molecule has 2 aromatic rings. The number of hydrogen-bond donors (Lipinski definition) is 2. The Morgan fingerprint density at radius 3 is 2.45 bits per heavy atom. The lowest BCUT2D eigenvalue weighted by Crippen LogP contribution is -2.17. The summed E-state index contributed by atoms with van der Waals surface area (Å²) in [5.74, 6) is -0.102. The Kier molecular flexibility index (Phi) is 4.88. The zero-order chi connectivity index (χ0) is 14.5. The Labute approximate surface area is 127 Å². The van der Waals surface area contributed by atoms with Gasteiger partial charge in [0, 0.05) is 24.8 Å². The third-order valence-corrected chi connectivity index (χ3v) is 3.75. The molecule has 20 heavy (non-hydrogen) atoms. The van der Waals surface area contributed by atoms with Crippen LogP contribution in [0.25, 0.3) is 0 Å². The van der Waals surface area contributed by atoms with Crippen molar-refractivity contribution in [2.75, 3.05) is 12.4 Å². The molecule has 0 heterocycles. The molecule has 0 radical (unpaired) electrons. The van der Waals surface area contributed by atoms with Crippen LogP contribution in [0.15, 0.2) is 42.5 Å². The highest BCUT2D eigenvalue weighted by atomic mass is 35.5. The summed E-state index contributed by atoms with van der Waals surface area (Å²) >= 11 is 12.1. The van der Waals surface area contributed by atoms with Crippen LogP contribution in [0.3, 0.4) is 0 Å².